The lowest BCUT2D eigenvalue weighted by Crippen LogP contribution is -2.24. The van der Waals surface area contributed by atoms with Gasteiger partial charge in [0.2, 0.25) is 0 Å². The standard InChI is InChI=1S/C8H19NO3/c1-2-8(11)7-12-6-4-9-3-5-10/h8-11H,2-7H2,1H3. The highest BCUT2D eigenvalue weighted by molar-refractivity contribution is 4.49. The van der Waals surface area contributed by atoms with Crippen LogP contribution in [0.4, 0.5) is 0 Å². The maximum atomic E-state index is 9.08. The van der Waals surface area contributed by atoms with Gasteiger partial charge in [0, 0.05) is 13.1 Å². The van der Waals surface area contributed by atoms with E-state index in [0.29, 0.717) is 19.8 Å². The summed E-state index contributed by atoms with van der Waals surface area (Å²) in [5, 5.41) is 20.5. The fourth-order valence-electron chi connectivity index (χ4n) is 0.686. The van der Waals surface area contributed by atoms with Crippen molar-refractivity contribution >= 4 is 0 Å². The maximum Gasteiger partial charge on any atom is 0.0771 e. The van der Waals surface area contributed by atoms with Crippen LogP contribution >= 0.6 is 0 Å². The van der Waals surface area contributed by atoms with Gasteiger partial charge in [-0.25, -0.2) is 0 Å². The number of hydrogen-bond acceptors (Lipinski definition) is 4. The molecule has 0 fully saturated rings. The topological polar surface area (TPSA) is 61.7 Å². The van der Waals surface area contributed by atoms with Gasteiger partial charge in [0.15, 0.2) is 0 Å². The van der Waals surface area contributed by atoms with Crippen LogP contribution < -0.4 is 5.32 Å². The summed E-state index contributed by atoms with van der Waals surface area (Å²) in [6.45, 7) is 4.36. The van der Waals surface area contributed by atoms with Gasteiger partial charge < -0.3 is 20.3 Å². The lowest BCUT2D eigenvalue weighted by atomic mass is 10.3. The van der Waals surface area contributed by atoms with E-state index in [9.17, 15) is 0 Å². The largest absolute Gasteiger partial charge is 0.395 e. The lowest BCUT2D eigenvalue weighted by molar-refractivity contribution is 0.0361. The van der Waals surface area contributed by atoms with Gasteiger partial charge in [-0.15, -0.1) is 0 Å². The highest BCUT2D eigenvalue weighted by Crippen LogP contribution is 1.89. The highest BCUT2D eigenvalue weighted by atomic mass is 16.5. The molecule has 0 saturated carbocycles. The van der Waals surface area contributed by atoms with E-state index in [1.807, 2.05) is 6.92 Å². The van der Waals surface area contributed by atoms with Crippen molar-refractivity contribution in [2.75, 3.05) is 32.9 Å². The molecular formula is C8H19NO3. The van der Waals surface area contributed by atoms with Gasteiger partial charge in [-0.05, 0) is 6.42 Å². The zero-order valence-corrected chi connectivity index (χ0v) is 7.62. The Morgan fingerprint density at radius 2 is 2.17 bits per heavy atom. The number of hydrogen-bond donors (Lipinski definition) is 3. The van der Waals surface area contributed by atoms with Gasteiger partial charge in [0.05, 0.1) is 25.9 Å². The highest BCUT2D eigenvalue weighted by Gasteiger charge is 1.98. The third-order valence-corrected chi connectivity index (χ3v) is 1.49. The first-order chi connectivity index (χ1) is 5.81. The smallest absolute Gasteiger partial charge is 0.0771 e. The van der Waals surface area contributed by atoms with Gasteiger partial charge in [0.25, 0.3) is 0 Å². The van der Waals surface area contributed by atoms with E-state index in [0.717, 1.165) is 13.0 Å². The Morgan fingerprint density at radius 1 is 1.42 bits per heavy atom. The number of aliphatic hydroxyl groups is 2. The van der Waals surface area contributed by atoms with Crippen LogP contribution in [0.25, 0.3) is 0 Å². The number of nitrogens with one attached hydrogen (secondary N) is 1. The first-order valence-corrected chi connectivity index (χ1v) is 4.38. The quantitative estimate of drug-likeness (QED) is 0.431. The molecule has 12 heavy (non-hydrogen) atoms. The summed E-state index contributed by atoms with van der Waals surface area (Å²) in [6, 6.07) is 0. The second-order valence-corrected chi connectivity index (χ2v) is 2.61. The summed E-state index contributed by atoms with van der Waals surface area (Å²) in [5.41, 5.74) is 0. The summed E-state index contributed by atoms with van der Waals surface area (Å²) in [6.07, 6.45) is 0.382. The van der Waals surface area contributed by atoms with Crippen LogP contribution in [0.5, 0.6) is 0 Å². The third-order valence-electron chi connectivity index (χ3n) is 1.49. The molecule has 0 aliphatic rings. The number of ether oxygens (including phenoxy) is 1. The molecule has 0 aromatic heterocycles. The predicted octanol–water partition coefficient (Wildman–Crippen LogP) is -0.644. The molecule has 74 valence electrons. The van der Waals surface area contributed by atoms with Crippen LogP contribution in [0.3, 0.4) is 0 Å². The van der Waals surface area contributed by atoms with Gasteiger partial charge in [-0.1, -0.05) is 6.92 Å². The Morgan fingerprint density at radius 3 is 2.75 bits per heavy atom. The zero-order chi connectivity index (χ0) is 9.23. The molecule has 0 aromatic rings. The Labute approximate surface area is 73.5 Å². The van der Waals surface area contributed by atoms with Crippen LogP contribution in [0.1, 0.15) is 13.3 Å². The molecule has 1 unspecified atom stereocenters. The summed E-state index contributed by atoms with van der Waals surface area (Å²) in [4.78, 5) is 0. The van der Waals surface area contributed by atoms with E-state index in [1.165, 1.54) is 0 Å². The van der Waals surface area contributed by atoms with Crippen molar-refractivity contribution in [3.05, 3.63) is 0 Å². The molecule has 0 saturated heterocycles. The summed E-state index contributed by atoms with van der Waals surface area (Å²) in [7, 11) is 0. The van der Waals surface area contributed by atoms with Crippen molar-refractivity contribution in [3.63, 3.8) is 0 Å². The molecule has 4 nitrogen and oxygen atoms in total. The average molecular weight is 177 g/mol. The van der Waals surface area contributed by atoms with Crippen LogP contribution in [0, 0.1) is 0 Å². The second-order valence-electron chi connectivity index (χ2n) is 2.61. The van der Waals surface area contributed by atoms with Crippen molar-refractivity contribution in [1.82, 2.24) is 5.32 Å². The monoisotopic (exact) mass is 177 g/mol. The zero-order valence-electron chi connectivity index (χ0n) is 7.62. The van der Waals surface area contributed by atoms with E-state index in [-0.39, 0.29) is 12.7 Å². The van der Waals surface area contributed by atoms with Gasteiger partial charge in [-0.3, -0.25) is 0 Å². The molecule has 0 amide bonds. The van der Waals surface area contributed by atoms with Crippen molar-refractivity contribution in [3.8, 4) is 0 Å². The minimum absolute atomic E-state index is 0.150. The molecule has 0 heterocycles. The van der Waals surface area contributed by atoms with Crippen LogP contribution in [0.2, 0.25) is 0 Å². The van der Waals surface area contributed by atoms with E-state index >= 15 is 0 Å². The van der Waals surface area contributed by atoms with Crippen LogP contribution in [-0.4, -0.2) is 49.2 Å². The molecule has 1 atom stereocenters. The van der Waals surface area contributed by atoms with Crippen molar-refractivity contribution in [1.29, 1.82) is 0 Å². The maximum absolute atomic E-state index is 9.08. The number of rotatable bonds is 8. The van der Waals surface area contributed by atoms with Gasteiger partial charge in [0.1, 0.15) is 0 Å². The minimum Gasteiger partial charge on any atom is -0.395 e. The fourth-order valence-corrected chi connectivity index (χ4v) is 0.686. The molecule has 0 radical (unpaired) electrons. The first-order valence-electron chi connectivity index (χ1n) is 4.38. The molecule has 4 heteroatoms. The Bertz CT molecular complexity index is 90.4. The van der Waals surface area contributed by atoms with E-state index in [2.05, 4.69) is 5.32 Å². The van der Waals surface area contributed by atoms with Crippen molar-refractivity contribution < 1.29 is 14.9 Å². The first kappa shape index (κ1) is 11.8. The van der Waals surface area contributed by atoms with Gasteiger partial charge >= 0.3 is 0 Å². The van der Waals surface area contributed by atoms with Crippen LogP contribution in [0.15, 0.2) is 0 Å². The fraction of sp³-hybridized carbons (Fsp3) is 1.00. The number of aliphatic hydroxyl groups excluding tert-OH is 2. The molecule has 0 bridgehead atoms. The van der Waals surface area contributed by atoms with E-state index in [1.54, 1.807) is 0 Å². The predicted molar refractivity (Wildman–Crippen MR) is 47.1 cm³/mol. The average Bonchev–Trinajstić information content (AvgIpc) is 2.10. The van der Waals surface area contributed by atoms with Crippen molar-refractivity contribution in [2.24, 2.45) is 0 Å². The third kappa shape index (κ3) is 7.94. The summed E-state index contributed by atoms with van der Waals surface area (Å²) < 4.78 is 5.14. The molecule has 0 rings (SSSR count). The van der Waals surface area contributed by atoms with E-state index < -0.39 is 0 Å². The summed E-state index contributed by atoms with van der Waals surface area (Å²) >= 11 is 0. The molecule has 3 N–H and O–H groups in total. The van der Waals surface area contributed by atoms with E-state index in [4.69, 9.17) is 14.9 Å². The normalized spacial score (nSPS) is 13.2. The molecule has 0 aliphatic carbocycles. The van der Waals surface area contributed by atoms with Crippen LogP contribution in [-0.2, 0) is 4.74 Å². The summed E-state index contributed by atoms with van der Waals surface area (Å²) in [5.74, 6) is 0. The molecule has 0 aliphatic heterocycles. The molecule has 0 spiro atoms. The van der Waals surface area contributed by atoms with Crippen molar-refractivity contribution in [2.45, 2.75) is 19.4 Å². The Kier molecular flexibility index (Phi) is 8.81. The Balaban J connectivity index is 2.90. The Hall–Kier alpha value is -0.160. The minimum atomic E-state index is -0.345. The molecule has 0 aromatic carbocycles. The van der Waals surface area contributed by atoms with Gasteiger partial charge in [-0.2, -0.15) is 0 Å². The molecular weight excluding hydrogens is 158 g/mol. The second kappa shape index (κ2) is 8.93. The SMILES string of the molecule is CCC(O)COCCNCCO. The lowest BCUT2D eigenvalue weighted by Gasteiger charge is -2.08.